The van der Waals surface area contributed by atoms with Gasteiger partial charge in [0.2, 0.25) is 15.9 Å². The van der Waals surface area contributed by atoms with Gasteiger partial charge in [-0.05, 0) is 29.5 Å². The summed E-state index contributed by atoms with van der Waals surface area (Å²) in [6.45, 7) is 6.63. The fourth-order valence-electron chi connectivity index (χ4n) is 3.22. The number of nitrogens with one attached hydrogen (secondary N) is 1. The monoisotopic (exact) mass is 365 g/mol. The van der Waals surface area contributed by atoms with Crippen LogP contribution in [-0.4, -0.2) is 55.2 Å². The molecule has 7 nitrogen and oxygen atoms in total. The van der Waals surface area contributed by atoms with Crippen molar-refractivity contribution in [2.24, 2.45) is 0 Å². The summed E-state index contributed by atoms with van der Waals surface area (Å²) in [5, 5.41) is 2.47. The molecule has 0 spiro atoms. The maximum Gasteiger partial charge on any atom is 0.324 e. The quantitative estimate of drug-likeness (QED) is 0.818. The van der Waals surface area contributed by atoms with E-state index in [1.165, 1.54) is 4.31 Å². The second-order valence-electron chi connectivity index (χ2n) is 7.50. The van der Waals surface area contributed by atoms with E-state index in [1.54, 1.807) is 12.1 Å². The first-order chi connectivity index (χ1) is 11.6. The van der Waals surface area contributed by atoms with E-state index in [0.717, 1.165) is 10.5 Å². The summed E-state index contributed by atoms with van der Waals surface area (Å²) in [5.41, 5.74) is 1.01. The topological polar surface area (TPSA) is 86.8 Å². The van der Waals surface area contributed by atoms with E-state index in [0.29, 0.717) is 13.0 Å². The van der Waals surface area contributed by atoms with E-state index >= 15 is 0 Å². The Morgan fingerprint density at radius 1 is 1.12 bits per heavy atom. The largest absolute Gasteiger partial charge is 0.329 e. The van der Waals surface area contributed by atoms with Gasteiger partial charge in [0.25, 0.3) is 0 Å². The highest BCUT2D eigenvalue weighted by Gasteiger charge is 2.41. The molecule has 0 bridgehead atoms. The fourth-order valence-corrected chi connectivity index (χ4v) is 4.71. The summed E-state index contributed by atoms with van der Waals surface area (Å²) in [6, 6.07) is 6.06. The highest BCUT2D eigenvalue weighted by atomic mass is 32.2. The number of imide groups is 1. The molecule has 0 aromatic heterocycles. The molecule has 0 radical (unpaired) electrons. The average Bonchev–Trinajstić information content (AvgIpc) is 3.14. The second kappa shape index (κ2) is 6.10. The Kier molecular flexibility index (Phi) is 4.36. The lowest BCUT2D eigenvalue weighted by molar-refractivity contribution is -0.126. The summed E-state index contributed by atoms with van der Waals surface area (Å²) in [5.74, 6) is -0.302. The number of carbonyl (C=O) groups is 2. The number of rotatable bonds is 3. The highest BCUT2D eigenvalue weighted by Crippen LogP contribution is 2.27. The molecular formula is C17H23N3O4S. The molecule has 2 aliphatic rings. The van der Waals surface area contributed by atoms with Crippen LogP contribution in [0.1, 0.15) is 32.8 Å². The number of benzene rings is 1. The third-order valence-corrected chi connectivity index (χ3v) is 6.61. The van der Waals surface area contributed by atoms with Crippen molar-refractivity contribution in [3.8, 4) is 0 Å². The lowest BCUT2D eigenvalue weighted by Crippen LogP contribution is -2.42. The van der Waals surface area contributed by atoms with Crippen LogP contribution in [0.3, 0.4) is 0 Å². The van der Waals surface area contributed by atoms with Gasteiger partial charge in [-0.15, -0.1) is 0 Å². The predicted octanol–water partition coefficient (Wildman–Crippen LogP) is 1.30. The van der Waals surface area contributed by atoms with Gasteiger partial charge in [0.15, 0.2) is 0 Å². The number of carbonyl (C=O) groups excluding carboxylic acids is 2. The Morgan fingerprint density at radius 3 is 2.28 bits per heavy atom. The minimum absolute atomic E-state index is 0.0175. The lowest BCUT2D eigenvalue weighted by Gasteiger charge is -2.22. The van der Waals surface area contributed by atoms with E-state index in [2.05, 4.69) is 26.1 Å². The fraction of sp³-hybridized carbons (Fsp3) is 0.529. The van der Waals surface area contributed by atoms with Crippen LogP contribution in [0.25, 0.3) is 0 Å². The van der Waals surface area contributed by atoms with E-state index in [-0.39, 0.29) is 29.3 Å². The predicted molar refractivity (Wildman–Crippen MR) is 92.6 cm³/mol. The average molecular weight is 365 g/mol. The van der Waals surface area contributed by atoms with Crippen LogP contribution in [0.2, 0.25) is 0 Å². The zero-order chi connectivity index (χ0) is 18.4. The molecule has 3 rings (SSSR count). The molecule has 2 aliphatic heterocycles. The van der Waals surface area contributed by atoms with Crippen LogP contribution >= 0.6 is 0 Å². The van der Waals surface area contributed by atoms with E-state index in [9.17, 15) is 18.0 Å². The van der Waals surface area contributed by atoms with Crippen LogP contribution in [-0.2, 0) is 20.2 Å². The molecular weight excluding hydrogens is 342 g/mol. The first kappa shape index (κ1) is 17.9. The number of hydrogen-bond acceptors (Lipinski definition) is 4. The lowest BCUT2D eigenvalue weighted by atomic mass is 9.87. The molecule has 8 heteroatoms. The van der Waals surface area contributed by atoms with Crippen molar-refractivity contribution in [2.75, 3.05) is 19.6 Å². The molecule has 2 saturated heterocycles. The molecule has 0 aliphatic carbocycles. The van der Waals surface area contributed by atoms with Crippen molar-refractivity contribution >= 4 is 22.0 Å². The maximum atomic E-state index is 12.8. The summed E-state index contributed by atoms with van der Waals surface area (Å²) in [7, 11) is -3.63. The van der Waals surface area contributed by atoms with Gasteiger partial charge in [0.05, 0.1) is 17.5 Å². The summed E-state index contributed by atoms with van der Waals surface area (Å²) < 4.78 is 27.0. The van der Waals surface area contributed by atoms with Crippen LogP contribution in [0, 0.1) is 0 Å². The van der Waals surface area contributed by atoms with Crippen molar-refractivity contribution in [3.05, 3.63) is 29.8 Å². The number of hydrogen-bond donors (Lipinski definition) is 1. The molecule has 1 aromatic rings. The van der Waals surface area contributed by atoms with Gasteiger partial charge in [-0.2, -0.15) is 4.31 Å². The standard InChI is InChI=1S/C17H23N3O4S/c1-17(2,3)12-4-6-14(7-5-12)25(23,24)19-9-8-13(11-19)20-15(21)10-18-16(20)22/h4-7,13H,8-11H2,1-3H3,(H,18,22). The zero-order valence-corrected chi connectivity index (χ0v) is 15.5. The smallest absolute Gasteiger partial charge is 0.324 e. The normalized spacial score (nSPS) is 22.5. The molecule has 0 saturated carbocycles. The van der Waals surface area contributed by atoms with Gasteiger partial charge in [-0.3, -0.25) is 9.69 Å². The van der Waals surface area contributed by atoms with Gasteiger partial charge in [-0.1, -0.05) is 32.9 Å². The van der Waals surface area contributed by atoms with E-state index < -0.39 is 22.1 Å². The third-order valence-electron chi connectivity index (χ3n) is 4.73. The molecule has 1 unspecified atom stereocenters. The van der Waals surface area contributed by atoms with Crippen LogP contribution in [0.15, 0.2) is 29.2 Å². The first-order valence-electron chi connectivity index (χ1n) is 8.31. The SMILES string of the molecule is CC(C)(C)c1ccc(S(=O)(=O)N2CCC(N3C(=O)CNC3=O)C2)cc1. The van der Waals surface area contributed by atoms with Gasteiger partial charge < -0.3 is 5.32 Å². The maximum absolute atomic E-state index is 12.8. The number of amides is 3. The van der Waals surface area contributed by atoms with Gasteiger partial charge in [0.1, 0.15) is 0 Å². The Balaban J connectivity index is 1.77. The third kappa shape index (κ3) is 3.28. The van der Waals surface area contributed by atoms with Crippen molar-refractivity contribution < 1.29 is 18.0 Å². The minimum Gasteiger partial charge on any atom is -0.329 e. The van der Waals surface area contributed by atoms with Crippen molar-refractivity contribution in [1.29, 1.82) is 0 Å². The van der Waals surface area contributed by atoms with Crippen molar-refractivity contribution in [3.63, 3.8) is 0 Å². The van der Waals surface area contributed by atoms with E-state index in [1.807, 2.05) is 12.1 Å². The first-order valence-corrected chi connectivity index (χ1v) is 9.75. The highest BCUT2D eigenvalue weighted by molar-refractivity contribution is 7.89. The Hall–Kier alpha value is -1.93. The van der Waals surface area contributed by atoms with E-state index in [4.69, 9.17) is 0 Å². The number of nitrogens with zero attached hydrogens (tertiary/aromatic N) is 2. The minimum atomic E-state index is -3.63. The zero-order valence-electron chi connectivity index (χ0n) is 14.7. The summed E-state index contributed by atoms with van der Waals surface area (Å²) >= 11 is 0. The van der Waals surface area contributed by atoms with Crippen molar-refractivity contribution in [1.82, 2.24) is 14.5 Å². The molecule has 1 atom stereocenters. The van der Waals surface area contributed by atoms with Gasteiger partial charge in [0, 0.05) is 13.1 Å². The number of urea groups is 1. The summed E-state index contributed by atoms with van der Waals surface area (Å²) in [4.78, 5) is 24.9. The summed E-state index contributed by atoms with van der Waals surface area (Å²) in [6.07, 6.45) is 0.457. The molecule has 25 heavy (non-hydrogen) atoms. The Labute approximate surface area is 148 Å². The van der Waals surface area contributed by atoms with Crippen LogP contribution < -0.4 is 5.32 Å². The van der Waals surface area contributed by atoms with Gasteiger partial charge in [-0.25, -0.2) is 13.2 Å². The van der Waals surface area contributed by atoms with Crippen LogP contribution in [0.4, 0.5) is 4.79 Å². The van der Waals surface area contributed by atoms with Crippen LogP contribution in [0.5, 0.6) is 0 Å². The second-order valence-corrected chi connectivity index (χ2v) is 9.44. The molecule has 1 N–H and O–H groups in total. The number of sulfonamides is 1. The molecule has 1 aromatic carbocycles. The van der Waals surface area contributed by atoms with Gasteiger partial charge >= 0.3 is 6.03 Å². The van der Waals surface area contributed by atoms with Crippen molar-refractivity contribution in [2.45, 2.75) is 43.5 Å². The Morgan fingerprint density at radius 2 is 1.76 bits per heavy atom. The molecule has 3 amide bonds. The molecule has 136 valence electrons. The Bertz CT molecular complexity index is 780. The molecule has 2 heterocycles. The molecule has 2 fully saturated rings.